The lowest BCUT2D eigenvalue weighted by Crippen LogP contribution is -2.29. The SMILES string of the molecule is C[Si](C)(C)[C@H]1O[C@H]1c1cccc(Br)c1. The first-order valence-corrected chi connectivity index (χ1v) is 9.26. The average molecular weight is 271 g/mol. The molecule has 1 saturated heterocycles. The van der Waals surface area contributed by atoms with E-state index in [4.69, 9.17) is 4.74 Å². The molecule has 0 radical (unpaired) electrons. The molecule has 0 amide bonds. The van der Waals surface area contributed by atoms with Crippen molar-refractivity contribution in [2.45, 2.75) is 31.5 Å². The van der Waals surface area contributed by atoms with E-state index in [2.05, 4.69) is 59.8 Å². The van der Waals surface area contributed by atoms with Crippen LogP contribution in [0.25, 0.3) is 0 Å². The van der Waals surface area contributed by atoms with Crippen LogP contribution in [-0.4, -0.2) is 13.8 Å². The van der Waals surface area contributed by atoms with E-state index in [-0.39, 0.29) is 0 Å². The van der Waals surface area contributed by atoms with Gasteiger partial charge in [0.1, 0.15) is 6.10 Å². The topological polar surface area (TPSA) is 12.5 Å². The van der Waals surface area contributed by atoms with Crippen LogP contribution in [0.15, 0.2) is 28.7 Å². The zero-order valence-corrected chi connectivity index (χ0v) is 11.3. The highest BCUT2D eigenvalue weighted by atomic mass is 79.9. The van der Waals surface area contributed by atoms with E-state index < -0.39 is 8.07 Å². The summed E-state index contributed by atoms with van der Waals surface area (Å²) < 4.78 is 6.90. The van der Waals surface area contributed by atoms with Gasteiger partial charge in [-0.05, 0) is 17.7 Å². The summed E-state index contributed by atoms with van der Waals surface area (Å²) in [6.07, 6.45) is 0.360. The third-order valence-corrected chi connectivity index (χ3v) is 5.16. The lowest BCUT2D eigenvalue weighted by molar-refractivity contribution is 0.400. The molecule has 0 N–H and O–H groups in total. The molecule has 14 heavy (non-hydrogen) atoms. The molecule has 2 rings (SSSR count). The Labute approximate surface area is 94.6 Å². The third kappa shape index (κ3) is 2.10. The van der Waals surface area contributed by atoms with E-state index in [0.29, 0.717) is 11.8 Å². The fourth-order valence-electron chi connectivity index (χ4n) is 1.71. The smallest absolute Gasteiger partial charge is 0.106 e. The maximum Gasteiger partial charge on any atom is 0.106 e. The van der Waals surface area contributed by atoms with Gasteiger partial charge in [-0.25, -0.2) is 0 Å². The van der Waals surface area contributed by atoms with Gasteiger partial charge in [-0.15, -0.1) is 0 Å². The van der Waals surface area contributed by atoms with E-state index in [1.54, 1.807) is 0 Å². The number of epoxide rings is 1. The van der Waals surface area contributed by atoms with E-state index in [0.717, 1.165) is 4.47 Å². The summed E-state index contributed by atoms with van der Waals surface area (Å²) in [7, 11) is -1.12. The van der Waals surface area contributed by atoms with E-state index in [1.807, 2.05) is 0 Å². The van der Waals surface area contributed by atoms with Gasteiger partial charge < -0.3 is 4.74 Å². The molecule has 0 bridgehead atoms. The Morgan fingerprint density at radius 3 is 2.50 bits per heavy atom. The fourth-order valence-corrected chi connectivity index (χ4v) is 3.78. The standard InChI is InChI=1S/C11H15BrOSi/c1-14(2,3)11-10(13-11)8-5-4-6-9(12)7-8/h4-7,10-11H,1-3H3/t10-,11+/m0/s1. The molecule has 0 unspecified atom stereocenters. The van der Waals surface area contributed by atoms with Crippen molar-refractivity contribution < 1.29 is 4.74 Å². The van der Waals surface area contributed by atoms with E-state index >= 15 is 0 Å². The second kappa shape index (κ2) is 3.47. The van der Waals surface area contributed by atoms with Crippen LogP contribution in [0.2, 0.25) is 19.6 Å². The zero-order chi connectivity index (χ0) is 10.3. The van der Waals surface area contributed by atoms with E-state index in [9.17, 15) is 0 Å². The minimum Gasteiger partial charge on any atom is -0.368 e. The van der Waals surface area contributed by atoms with Crippen LogP contribution in [0.4, 0.5) is 0 Å². The molecule has 1 heterocycles. The van der Waals surface area contributed by atoms with Crippen LogP contribution in [0, 0.1) is 0 Å². The summed E-state index contributed by atoms with van der Waals surface area (Å²) in [5, 5.41) is 0. The molecular weight excluding hydrogens is 256 g/mol. The summed E-state index contributed by atoms with van der Waals surface area (Å²) in [6, 6.07) is 8.43. The fraction of sp³-hybridized carbons (Fsp3) is 0.455. The molecular formula is C11H15BrOSi. The molecule has 3 heteroatoms. The number of benzene rings is 1. The summed E-state index contributed by atoms with van der Waals surface area (Å²) in [5.41, 5.74) is 1.82. The van der Waals surface area contributed by atoms with Gasteiger partial charge in [0, 0.05) is 4.47 Å². The van der Waals surface area contributed by atoms with Crippen molar-refractivity contribution in [2.75, 3.05) is 0 Å². The van der Waals surface area contributed by atoms with Crippen LogP contribution in [0.5, 0.6) is 0 Å². The molecule has 1 aromatic carbocycles. The number of hydrogen-bond acceptors (Lipinski definition) is 1. The van der Waals surface area contributed by atoms with E-state index in [1.165, 1.54) is 5.56 Å². The van der Waals surface area contributed by atoms with Gasteiger partial charge in [-0.3, -0.25) is 0 Å². The molecule has 1 fully saturated rings. The summed E-state index contributed by atoms with van der Waals surface area (Å²) >= 11 is 3.48. The monoisotopic (exact) mass is 270 g/mol. The average Bonchev–Trinajstić information content (AvgIpc) is 2.81. The van der Waals surface area contributed by atoms with Crippen LogP contribution in [-0.2, 0) is 4.74 Å². The first kappa shape index (κ1) is 10.4. The molecule has 0 saturated carbocycles. The largest absolute Gasteiger partial charge is 0.368 e. The summed E-state index contributed by atoms with van der Waals surface area (Å²) in [5.74, 6) is 0. The Hall–Kier alpha value is -0.123. The van der Waals surface area contributed by atoms with Gasteiger partial charge in [-0.2, -0.15) is 0 Å². The van der Waals surface area contributed by atoms with Crippen LogP contribution >= 0.6 is 15.9 Å². The Kier molecular flexibility index (Phi) is 2.58. The van der Waals surface area contributed by atoms with Gasteiger partial charge in [0.25, 0.3) is 0 Å². The van der Waals surface area contributed by atoms with Gasteiger partial charge >= 0.3 is 0 Å². The molecule has 1 aromatic rings. The number of hydrogen-bond donors (Lipinski definition) is 0. The van der Waals surface area contributed by atoms with Crippen molar-refractivity contribution in [2.24, 2.45) is 0 Å². The first-order valence-electron chi connectivity index (χ1n) is 4.89. The van der Waals surface area contributed by atoms with Crippen molar-refractivity contribution in [3.63, 3.8) is 0 Å². The highest BCUT2D eigenvalue weighted by molar-refractivity contribution is 9.10. The molecule has 1 aliphatic heterocycles. The van der Waals surface area contributed by atoms with Gasteiger partial charge in [0.2, 0.25) is 0 Å². The van der Waals surface area contributed by atoms with Crippen molar-refractivity contribution in [1.29, 1.82) is 0 Å². The minimum atomic E-state index is -1.12. The van der Waals surface area contributed by atoms with Gasteiger partial charge in [0.15, 0.2) is 0 Å². The van der Waals surface area contributed by atoms with Crippen LogP contribution in [0.3, 0.4) is 0 Å². The highest BCUT2D eigenvalue weighted by Crippen LogP contribution is 2.44. The summed E-state index contributed by atoms with van der Waals surface area (Å²) in [6.45, 7) is 7.07. The molecule has 2 atom stereocenters. The molecule has 76 valence electrons. The predicted octanol–water partition coefficient (Wildman–Crippen LogP) is 3.77. The van der Waals surface area contributed by atoms with Crippen molar-refractivity contribution >= 4 is 24.0 Å². The Bertz CT molecular complexity index is 345. The maximum atomic E-state index is 5.76. The Balaban J connectivity index is 2.14. The number of halogens is 1. The normalized spacial score (nSPS) is 26.3. The summed E-state index contributed by atoms with van der Waals surface area (Å²) in [4.78, 5) is 0. The molecule has 0 aromatic heterocycles. The first-order chi connectivity index (χ1) is 6.48. The van der Waals surface area contributed by atoms with Crippen molar-refractivity contribution in [3.8, 4) is 0 Å². The molecule has 0 spiro atoms. The lowest BCUT2D eigenvalue weighted by atomic mass is 10.2. The van der Waals surface area contributed by atoms with Crippen molar-refractivity contribution in [1.82, 2.24) is 0 Å². The quantitative estimate of drug-likeness (QED) is 0.589. The van der Waals surface area contributed by atoms with Crippen LogP contribution < -0.4 is 0 Å². The second-order valence-corrected chi connectivity index (χ2v) is 11.1. The van der Waals surface area contributed by atoms with Gasteiger partial charge in [-0.1, -0.05) is 47.7 Å². The Morgan fingerprint density at radius 2 is 2.00 bits per heavy atom. The van der Waals surface area contributed by atoms with Gasteiger partial charge in [0.05, 0.1) is 13.8 Å². The second-order valence-electron chi connectivity index (χ2n) is 4.90. The third-order valence-electron chi connectivity index (χ3n) is 2.52. The predicted molar refractivity (Wildman–Crippen MR) is 65.1 cm³/mol. The maximum absolute atomic E-state index is 5.76. The Morgan fingerprint density at radius 1 is 1.29 bits per heavy atom. The number of rotatable bonds is 2. The highest BCUT2D eigenvalue weighted by Gasteiger charge is 2.48. The minimum absolute atomic E-state index is 0.360. The lowest BCUT2D eigenvalue weighted by Gasteiger charge is -2.11. The van der Waals surface area contributed by atoms with Crippen LogP contribution in [0.1, 0.15) is 11.7 Å². The molecule has 1 aliphatic rings. The number of ether oxygens (including phenoxy) is 1. The molecule has 0 aliphatic carbocycles. The zero-order valence-electron chi connectivity index (χ0n) is 8.75. The van der Waals surface area contributed by atoms with Crippen molar-refractivity contribution in [3.05, 3.63) is 34.3 Å². The molecule has 1 nitrogen and oxygen atoms in total.